The number of nitrogens with one attached hydrogen (secondary N) is 1. The number of nitrogens with zero attached hydrogens (tertiary/aromatic N) is 1. The fourth-order valence-corrected chi connectivity index (χ4v) is 2.16. The number of aliphatic carboxylic acids is 1. The molecule has 21 heavy (non-hydrogen) atoms. The molecule has 0 amide bonds. The molecule has 0 radical (unpaired) electrons. The standard InChI is InChI=1S/C16H14N2O3/c19-15(20)9-8-12-10-21-16(17-12)18-14-7-3-5-11-4-1-2-6-13(11)14/h1-7,10H,8-9H2,(H,17,18)(H,19,20). The van der Waals surface area contributed by atoms with Gasteiger partial charge < -0.3 is 14.8 Å². The van der Waals surface area contributed by atoms with E-state index in [-0.39, 0.29) is 6.42 Å². The van der Waals surface area contributed by atoms with Crippen LogP contribution in [0.1, 0.15) is 12.1 Å². The summed E-state index contributed by atoms with van der Waals surface area (Å²) in [5, 5.41) is 14.0. The zero-order valence-electron chi connectivity index (χ0n) is 11.2. The Morgan fingerprint density at radius 1 is 1.19 bits per heavy atom. The zero-order valence-corrected chi connectivity index (χ0v) is 11.2. The lowest BCUT2D eigenvalue weighted by Gasteiger charge is -2.06. The van der Waals surface area contributed by atoms with Gasteiger partial charge in [0.2, 0.25) is 0 Å². The minimum Gasteiger partial charge on any atom is -0.481 e. The van der Waals surface area contributed by atoms with Crippen molar-refractivity contribution in [3.8, 4) is 0 Å². The number of anilines is 2. The van der Waals surface area contributed by atoms with Gasteiger partial charge in [-0.1, -0.05) is 36.4 Å². The first kappa shape index (κ1) is 13.2. The highest BCUT2D eigenvalue weighted by molar-refractivity contribution is 5.94. The minimum atomic E-state index is -0.846. The molecule has 106 valence electrons. The Morgan fingerprint density at radius 2 is 2.00 bits per heavy atom. The molecule has 0 saturated heterocycles. The summed E-state index contributed by atoms with van der Waals surface area (Å²) in [6.45, 7) is 0. The van der Waals surface area contributed by atoms with E-state index in [2.05, 4.69) is 10.3 Å². The second-order valence-electron chi connectivity index (χ2n) is 4.69. The third-order valence-electron chi connectivity index (χ3n) is 3.18. The Bertz CT molecular complexity index is 775. The summed E-state index contributed by atoms with van der Waals surface area (Å²) in [4.78, 5) is 14.8. The summed E-state index contributed by atoms with van der Waals surface area (Å²) in [5.74, 6) is -0.846. The smallest absolute Gasteiger partial charge is 0.303 e. The molecule has 3 aromatic rings. The first-order chi connectivity index (χ1) is 10.2. The van der Waals surface area contributed by atoms with Crippen molar-refractivity contribution in [2.24, 2.45) is 0 Å². The maximum atomic E-state index is 10.5. The van der Waals surface area contributed by atoms with Crippen LogP contribution in [-0.2, 0) is 11.2 Å². The predicted molar refractivity (Wildman–Crippen MR) is 79.7 cm³/mol. The van der Waals surface area contributed by atoms with Crippen molar-refractivity contribution >= 4 is 28.4 Å². The predicted octanol–water partition coefficient (Wildman–Crippen LogP) is 3.59. The molecule has 0 aliphatic carbocycles. The second kappa shape index (κ2) is 5.66. The fourth-order valence-electron chi connectivity index (χ4n) is 2.16. The monoisotopic (exact) mass is 282 g/mol. The van der Waals surface area contributed by atoms with E-state index in [0.717, 1.165) is 16.5 Å². The van der Waals surface area contributed by atoms with Crippen LogP contribution in [0.15, 0.2) is 53.1 Å². The summed E-state index contributed by atoms with van der Waals surface area (Å²) >= 11 is 0. The van der Waals surface area contributed by atoms with Crippen molar-refractivity contribution in [2.45, 2.75) is 12.8 Å². The van der Waals surface area contributed by atoms with Gasteiger partial charge in [0.15, 0.2) is 0 Å². The minimum absolute atomic E-state index is 0.0419. The maximum absolute atomic E-state index is 10.5. The summed E-state index contributed by atoms with van der Waals surface area (Å²) < 4.78 is 5.33. The van der Waals surface area contributed by atoms with Gasteiger partial charge in [0.1, 0.15) is 6.26 Å². The molecule has 0 atom stereocenters. The lowest BCUT2D eigenvalue weighted by atomic mass is 10.1. The normalized spacial score (nSPS) is 10.7. The van der Waals surface area contributed by atoms with Gasteiger partial charge in [-0.15, -0.1) is 0 Å². The molecule has 2 aromatic carbocycles. The van der Waals surface area contributed by atoms with Crippen molar-refractivity contribution < 1.29 is 14.3 Å². The molecule has 0 saturated carbocycles. The van der Waals surface area contributed by atoms with Crippen LogP contribution in [0.4, 0.5) is 11.7 Å². The molecular formula is C16H14N2O3. The average molecular weight is 282 g/mol. The Balaban J connectivity index is 1.81. The van der Waals surface area contributed by atoms with Crippen LogP contribution in [0.5, 0.6) is 0 Å². The molecule has 2 N–H and O–H groups in total. The largest absolute Gasteiger partial charge is 0.481 e. The lowest BCUT2D eigenvalue weighted by Crippen LogP contribution is -1.98. The summed E-state index contributed by atoms with van der Waals surface area (Å²) in [6.07, 6.45) is 1.88. The number of carbonyl (C=O) groups is 1. The number of hydrogen-bond donors (Lipinski definition) is 2. The third-order valence-corrected chi connectivity index (χ3v) is 3.18. The Kier molecular flexibility index (Phi) is 3.55. The molecule has 0 spiro atoms. The SMILES string of the molecule is O=C(O)CCc1coc(Nc2cccc3ccccc23)n1. The fraction of sp³-hybridized carbons (Fsp3) is 0.125. The molecule has 5 nitrogen and oxygen atoms in total. The number of fused-ring (bicyclic) bond motifs is 1. The number of oxazole rings is 1. The molecule has 0 unspecified atom stereocenters. The van der Waals surface area contributed by atoms with Crippen LogP contribution in [0.25, 0.3) is 10.8 Å². The summed E-state index contributed by atoms with van der Waals surface area (Å²) in [5.41, 5.74) is 1.53. The van der Waals surface area contributed by atoms with Gasteiger partial charge in [0.05, 0.1) is 17.8 Å². The van der Waals surface area contributed by atoms with Crippen LogP contribution in [0.3, 0.4) is 0 Å². The van der Waals surface area contributed by atoms with Crippen LogP contribution >= 0.6 is 0 Å². The maximum Gasteiger partial charge on any atom is 0.303 e. The lowest BCUT2D eigenvalue weighted by molar-refractivity contribution is -0.136. The second-order valence-corrected chi connectivity index (χ2v) is 4.69. The van der Waals surface area contributed by atoms with Crippen molar-refractivity contribution in [1.82, 2.24) is 4.98 Å². The first-order valence-electron chi connectivity index (χ1n) is 6.63. The van der Waals surface area contributed by atoms with Gasteiger partial charge >= 0.3 is 5.97 Å². The molecule has 3 rings (SSSR count). The number of aryl methyl sites for hydroxylation is 1. The van der Waals surface area contributed by atoms with Gasteiger partial charge in [-0.25, -0.2) is 0 Å². The van der Waals surface area contributed by atoms with Gasteiger partial charge in [-0.2, -0.15) is 4.98 Å². The number of hydrogen-bond acceptors (Lipinski definition) is 4. The van der Waals surface area contributed by atoms with Gasteiger partial charge in [-0.05, 0) is 11.5 Å². The van der Waals surface area contributed by atoms with Crippen LogP contribution in [0.2, 0.25) is 0 Å². The molecule has 1 aromatic heterocycles. The highest BCUT2D eigenvalue weighted by atomic mass is 16.4. The van der Waals surface area contributed by atoms with E-state index in [1.165, 1.54) is 6.26 Å². The number of rotatable bonds is 5. The summed E-state index contributed by atoms with van der Waals surface area (Å²) in [6, 6.07) is 14.3. The van der Waals surface area contributed by atoms with Crippen LogP contribution in [0, 0.1) is 0 Å². The molecule has 5 heteroatoms. The van der Waals surface area contributed by atoms with Crippen molar-refractivity contribution in [1.29, 1.82) is 0 Å². The third kappa shape index (κ3) is 3.02. The van der Waals surface area contributed by atoms with Crippen LogP contribution < -0.4 is 5.32 Å². The van der Waals surface area contributed by atoms with E-state index in [4.69, 9.17) is 9.52 Å². The highest BCUT2D eigenvalue weighted by Crippen LogP contribution is 2.26. The van der Waals surface area contributed by atoms with Crippen molar-refractivity contribution in [3.05, 3.63) is 54.4 Å². The molecule has 0 bridgehead atoms. The molecule has 0 aliphatic rings. The number of aromatic nitrogens is 1. The van der Waals surface area contributed by atoms with E-state index in [1.807, 2.05) is 42.5 Å². The number of carboxylic acid groups (broad SMARTS) is 1. The van der Waals surface area contributed by atoms with E-state index in [9.17, 15) is 4.79 Å². The van der Waals surface area contributed by atoms with E-state index in [0.29, 0.717) is 18.1 Å². The van der Waals surface area contributed by atoms with E-state index >= 15 is 0 Å². The highest BCUT2D eigenvalue weighted by Gasteiger charge is 2.08. The van der Waals surface area contributed by atoms with E-state index < -0.39 is 5.97 Å². The molecular weight excluding hydrogens is 268 g/mol. The topological polar surface area (TPSA) is 75.4 Å². The summed E-state index contributed by atoms with van der Waals surface area (Å²) in [7, 11) is 0. The van der Waals surface area contributed by atoms with Crippen LogP contribution in [-0.4, -0.2) is 16.1 Å². The zero-order chi connectivity index (χ0) is 14.7. The van der Waals surface area contributed by atoms with Gasteiger partial charge in [-0.3, -0.25) is 4.79 Å². The molecule has 0 aliphatic heterocycles. The van der Waals surface area contributed by atoms with E-state index in [1.54, 1.807) is 0 Å². The Morgan fingerprint density at radius 3 is 2.86 bits per heavy atom. The van der Waals surface area contributed by atoms with Crippen molar-refractivity contribution in [2.75, 3.05) is 5.32 Å². The van der Waals surface area contributed by atoms with Gasteiger partial charge in [0, 0.05) is 11.8 Å². The van der Waals surface area contributed by atoms with Gasteiger partial charge in [0.25, 0.3) is 6.01 Å². The molecule has 0 fully saturated rings. The quantitative estimate of drug-likeness (QED) is 0.748. The average Bonchev–Trinajstić information content (AvgIpc) is 2.93. The number of benzene rings is 2. The number of carboxylic acids is 1. The van der Waals surface area contributed by atoms with Crippen molar-refractivity contribution in [3.63, 3.8) is 0 Å². The molecule has 1 heterocycles. The Labute approximate surface area is 121 Å². The first-order valence-corrected chi connectivity index (χ1v) is 6.63. The Hall–Kier alpha value is -2.82.